The van der Waals surface area contributed by atoms with E-state index in [2.05, 4.69) is 199 Å². The second-order valence-electron chi connectivity index (χ2n) is 33.8. The minimum absolute atomic E-state index is 0.268. The summed E-state index contributed by atoms with van der Waals surface area (Å²) >= 11 is 0. The lowest BCUT2D eigenvalue weighted by Gasteiger charge is -2.14. The van der Waals surface area contributed by atoms with Gasteiger partial charge in [-0.3, -0.25) is 4.57 Å². The van der Waals surface area contributed by atoms with Gasteiger partial charge in [0.15, 0.2) is 58.2 Å². The molecular formula is C126H85N15. The number of hydrogen-bond donors (Lipinski definition) is 2. The van der Waals surface area contributed by atoms with E-state index in [0.29, 0.717) is 69.5 Å². The van der Waals surface area contributed by atoms with E-state index in [4.69, 9.17) is 70.6 Å². The van der Waals surface area contributed by atoms with Gasteiger partial charge >= 0.3 is 0 Å². The Bertz CT molecular complexity index is 8460. The molecule has 664 valence electrons. The maximum atomic E-state index is 9.03. The Morgan fingerprint density at radius 2 is 0.440 bits per heavy atom. The molecule has 0 aliphatic rings. The van der Waals surface area contributed by atoms with Gasteiger partial charge in [-0.1, -0.05) is 425 Å². The van der Waals surface area contributed by atoms with Crippen LogP contribution in [0.4, 0.5) is 0 Å². The summed E-state index contributed by atoms with van der Waals surface area (Å²) in [5, 5.41) is 24.1. The van der Waals surface area contributed by atoms with Crippen LogP contribution in [-0.4, -0.2) is 75.8 Å². The van der Waals surface area contributed by atoms with Gasteiger partial charge < -0.3 is 10.8 Å². The second kappa shape index (κ2) is 40.0. The number of aromatic nitrogens is 13. The monoisotopic (exact) mass is 1810 g/mol. The molecule has 0 bridgehead atoms. The fourth-order valence-corrected chi connectivity index (χ4v) is 17.5. The lowest BCUT2D eigenvalue weighted by molar-refractivity contribution is 1.07. The van der Waals surface area contributed by atoms with Crippen LogP contribution in [0.25, 0.3) is 219 Å². The van der Waals surface area contributed by atoms with Gasteiger partial charge in [0.05, 0.1) is 33.8 Å². The molecule has 24 aromatic rings. The zero-order valence-corrected chi connectivity index (χ0v) is 76.2. The fraction of sp³-hybridized carbons (Fsp3) is 0. The molecule has 0 radical (unpaired) electrons. The predicted molar refractivity (Wildman–Crippen MR) is 573 cm³/mol. The first-order valence-corrected chi connectivity index (χ1v) is 46.5. The number of hydrogen-bond acceptors (Lipinski definition) is 14. The number of para-hydroxylation sites is 3. The highest BCUT2D eigenvalue weighted by Crippen LogP contribution is 2.42. The van der Waals surface area contributed by atoms with Gasteiger partial charge in [-0.05, 0) is 139 Å². The Morgan fingerprint density at radius 1 is 0.184 bits per heavy atom. The molecule has 0 aliphatic heterocycles. The number of rotatable bonds is 20. The molecule has 24 rings (SSSR count). The lowest BCUT2D eigenvalue weighted by Crippen LogP contribution is -2.05. The van der Waals surface area contributed by atoms with Crippen molar-refractivity contribution in [3.63, 3.8) is 0 Å². The van der Waals surface area contributed by atoms with Gasteiger partial charge in [0.2, 0.25) is 0 Å². The zero-order valence-electron chi connectivity index (χ0n) is 76.2. The first kappa shape index (κ1) is 87.0. The third-order valence-corrected chi connectivity index (χ3v) is 24.6. The molecule has 141 heavy (non-hydrogen) atoms. The van der Waals surface area contributed by atoms with Crippen LogP contribution in [-0.2, 0) is 0 Å². The number of benzene rings is 19. The van der Waals surface area contributed by atoms with E-state index in [-0.39, 0.29) is 5.71 Å². The molecule has 5 heterocycles. The molecule has 0 atom stereocenters. The molecule has 0 fully saturated rings. The standard InChI is InChI=1S/C47H31N5.C44H29N5.C35H25N5/c1-5-15-33(16-6-1)42-31-43(34-17-7-2-8-18-34)49-44(48-42)37-27-25-32(26-28-37)40-29-38-23-13-14-24-39(38)30-41(40)47-51-45(35-19-9-3-10-20-35)50-46(52-47)36-21-11-4-12-22-36;1-4-14-31(15-5-1)41-46-42(32-16-6-2-7-17-32)48-43(47-41)38-29-35-19-11-10-18-34(35)28-37(38)30-24-26-33(27-25-30)44-45-39-22-12-13-23-40(39)49(44)36-20-8-3-9-21-36;36-31(24-12-4-1-5-13-24)20-21-32(37)29-22-27-18-10-11-19-28(27)23-30(29)35-39-33(25-14-6-2-7-15-25)38-34(40-35)26-16-8-3-9-17-26/h1-31H;1-29H;1-23,36-37H/b;;21-20-,36-31?,37-32?. The van der Waals surface area contributed by atoms with Crippen molar-refractivity contribution in [1.29, 1.82) is 10.8 Å². The molecule has 0 saturated carbocycles. The van der Waals surface area contributed by atoms with Crippen LogP contribution in [0, 0.1) is 10.8 Å². The van der Waals surface area contributed by atoms with Gasteiger partial charge in [0.1, 0.15) is 5.82 Å². The summed E-state index contributed by atoms with van der Waals surface area (Å²) in [6.45, 7) is 0. The molecule has 0 amide bonds. The van der Waals surface area contributed by atoms with Crippen molar-refractivity contribution >= 4 is 54.8 Å². The van der Waals surface area contributed by atoms with Crippen LogP contribution in [0.1, 0.15) is 11.1 Å². The van der Waals surface area contributed by atoms with Gasteiger partial charge in [0, 0.05) is 83.6 Å². The average Bonchev–Trinajstić information content (AvgIpc) is 1.75. The Labute approximate surface area is 814 Å². The minimum Gasteiger partial charge on any atom is -0.300 e. The quantitative estimate of drug-likeness (QED) is 0.0684. The van der Waals surface area contributed by atoms with Crippen LogP contribution in [0.15, 0.2) is 504 Å². The molecule has 19 aromatic carbocycles. The molecule has 0 saturated heterocycles. The largest absolute Gasteiger partial charge is 0.300 e. The van der Waals surface area contributed by atoms with Crippen LogP contribution >= 0.6 is 0 Å². The number of allylic oxidation sites excluding steroid dienone is 2. The summed E-state index contributed by atoms with van der Waals surface area (Å²) in [4.78, 5) is 60.0. The van der Waals surface area contributed by atoms with Crippen molar-refractivity contribution in [2.24, 2.45) is 0 Å². The highest BCUT2D eigenvalue weighted by Gasteiger charge is 2.24. The third-order valence-electron chi connectivity index (χ3n) is 24.6. The molecule has 2 N–H and O–H groups in total. The Hall–Kier alpha value is -19.4. The molecule has 15 heteroatoms. The summed E-state index contributed by atoms with van der Waals surface area (Å²) in [5.41, 5.74) is 23.3. The second-order valence-corrected chi connectivity index (χ2v) is 33.8. The van der Waals surface area contributed by atoms with E-state index in [1.165, 1.54) is 0 Å². The van der Waals surface area contributed by atoms with Crippen molar-refractivity contribution < 1.29 is 0 Å². The van der Waals surface area contributed by atoms with Gasteiger partial charge in [0.25, 0.3) is 0 Å². The van der Waals surface area contributed by atoms with Crippen molar-refractivity contribution in [3.05, 3.63) is 515 Å². The smallest absolute Gasteiger partial charge is 0.164 e. The number of nitrogens with zero attached hydrogens (tertiary/aromatic N) is 13. The van der Waals surface area contributed by atoms with Crippen LogP contribution < -0.4 is 0 Å². The lowest BCUT2D eigenvalue weighted by atomic mass is 9.94. The maximum Gasteiger partial charge on any atom is 0.164 e. The van der Waals surface area contributed by atoms with E-state index in [0.717, 1.165) is 166 Å². The van der Waals surface area contributed by atoms with Gasteiger partial charge in [-0.25, -0.2) is 59.8 Å². The minimum atomic E-state index is 0.268. The highest BCUT2D eigenvalue weighted by molar-refractivity contribution is 6.17. The Morgan fingerprint density at radius 3 is 0.809 bits per heavy atom. The van der Waals surface area contributed by atoms with Crippen molar-refractivity contribution in [3.8, 4) is 176 Å². The summed E-state index contributed by atoms with van der Waals surface area (Å²) in [6, 6.07) is 166. The highest BCUT2D eigenvalue weighted by atomic mass is 15.1. The summed E-state index contributed by atoms with van der Waals surface area (Å²) in [5.74, 6) is 6.97. The molecule has 0 aliphatic carbocycles. The molecular weight excluding hydrogens is 1720 g/mol. The third kappa shape index (κ3) is 19.2. The van der Waals surface area contributed by atoms with E-state index in [1.54, 1.807) is 12.2 Å². The van der Waals surface area contributed by atoms with Crippen LogP contribution in [0.3, 0.4) is 0 Å². The van der Waals surface area contributed by atoms with E-state index in [1.807, 2.05) is 297 Å². The van der Waals surface area contributed by atoms with E-state index >= 15 is 0 Å². The zero-order chi connectivity index (χ0) is 94.6. The van der Waals surface area contributed by atoms with Crippen LogP contribution in [0.2, 0.25) is 0 Å². The van der Waals surface area contributed by atoms with Crippen molar-refractivity contribution in [2.45, 2.75) is 0 Å². The summed E-state index contributed by atoms with van der Waals surface area (Å²) in [6.07, 6.45) is 3.33. The van der Waals surface area contributed by atoms with Crippen molar-refractivity contribution in [2.75, 3.05) is 0 Å². The van der Waals surface area contributed by atoms with E-state index < -0.39 is 0 Å². The van der Waals surface area contributed by atoms with Gasteiger partial charge in [-0.15, -0.1) is 0 Å². The number of fused-ring (bicyclic) bond motifs is 4. The Kier molecular flexibility index (Phi) is 24.7. The first-order valence-electron chi connectivity index (χ1n) is 46.5. The number of imidazole rings is 1. The molecule has 5 aromatic heterocycles. The molecule has 15 nitrogen and oxygen atoms in total. The normalized spacial score (nSPS) is 11.1. The topological polar surface area (TPSA) is 207 Å². The fourth-order valence-electron chi connectivity index (χ4n) is 17.5. The van der Waals surface area contributed by atoms with E-state index in [9.17, 15) is 0 Å². The summed E-state index contributed by atoms with van der Waals surface area (Å²) < 4.78 is 2.23. The molecule has 0 spiro atoms. The average molecular weight is 1810 g/mol. The maximum absolute atomic E-state index is 9.03. The predicted octanol–water partition coefficient (Wildman–Crippen LogP) is 30.2. The Balaban J connectivity index is 0.000000123. The SMILES string of the molecule is N=C(/C=C\C(=N)c1cc2ccccc2cc1-c1nc(-c2ccccc2)nc(-c2ccccc2)n1)c1ccccc1.c1ccc(-c2cc(-c3ccccc3)nc(-c3ccc(-c4cc5ccccc5cc4-c4nc(-c5ccccc5)nc(-c5ccccc5)n4)cc3)n2)cc1.c1ccc(-c2nc(-c3ccccc3)nc(-c3cc4ccccc4cc3-c3ccc(-c4nc5ccccc5n4-c4ccccc4)cc3)n2)cc1. The number of nitrogens with one attached hydrogen (secondary N) is 2. The molecule has 0 unspecified atom stereocenters. The van der Waals surface area contributed by atoms with Crippen molar-refractivity contribution in [1.82, 2.24) is 64.4 Å². The summed E-state index contributed by atoms with van der Waals surface area (Å²) in [7, 11) is 0. The van der Waals surface area contributed by atoms with Gasteiger partial charge in [-0.2, -0.15) is 0 Å². The van der Waals surface area contributed by atoms with Crippen LogP contribution in [0.5, 0.6) is 0 Å². The first-order chi connectivity index (χ1) is 69.7.